The average Bonchev–Trinajstić information content (AvgIpc) is 2.48. The molecule has 0 amide bonds. The summed E-state index contributed by atoms with van der Waals surface area (Å²) in [5.74, 6) is 0.801. The normalized spacial score (nSPS) is 9.89. The number of aliphatic hydroxyl groups is 1. The van der Waals surface area contributed by atoms with Gasteiger partial charge in [-0.3, -0.25) is 0 Å². The van der Waals surface area contributed by atoms with Crippen molar-refractivity contribution in [1.82, 2.24) is 0 Å². The van der Waals surface area contributed by atoms with E-state index in [0.717, 1.165) is 16.9 Å². The summed E-state index contributed by atoms with van der Waals surface area (Å²) < 4.78 is 5.47. The van der Waals surface area contributed by atoms with Crippen molar-refractivity contribution in [2.45, 2.75) is 6.42 Å². The van der Waals surface area contributed by atoms with Crippen molar-refractivity contribution in [2.24, 2.45) is 0 Å². The van der Waals surface area contributed by atoms with Crippen LogP contribution in [0.5, 0.6) is 5.75 Å². The summed E-state index contributed by atoms with van der Waals surface area (Å²) in [6, 6.07) is 15.3. The lowest BCUT2D eigenvalue weighted by Crippen LogP contribution is -1.99. The maximum absolute atomic E-state index is 8.68. The lowest BCUT2D eigenvalue weighted by molar-refractivity contribution is 0.233. The fourth-order valence-corrected chi connectivity index (χ4v) is 1.73. The van der Waals surface area contributed by atoms with Gasteiger partial charge in [0, 0.05) is 13.0 Å². The summed E-state index contributed by atoms with van der Waals surface area (Å²) in [6.07, 6.45) is 0.639. The molecule has 0 unspecified atom stereocenters. The quantitative estimate of drug-likeness (QED) is 0.651. The predicted octanol–water partition coefficient (Wildman–Crippen LogP) is 3.67. The molecule has 2 rings (SSSR count). The summed E-state index contributed by atoms with van der Waals surface area (Å²) in [4.78, 5) is 3.37. The Bertz CT molecular complexity index is 553. The van der Waals surface area contributed by atoms with Crippen LogP contribution in [0, 0.1) is 6.57 Å². The summed E-state index contributed by atoms with van der Waals surface area (Å²) in [5, 5.41) is 8.68. The van der Waals surface area contributed by atoms with Crippen LogP contribution in [0.15, 0.2) is 48.5 Å². The SMILES string of the molecule is [C-]#[N+]c1ccc(-c2ccc(OCCCO)cc2)cc1. The lowest BCUT2D eigenvalue weighted by atomic mass is 10.1. The first-order chi connectivity index (χ1) is 9.33. The molecule has 0 aliphatic heterocycles. The van der Waals surface area contributed by atoms with Crippen LogP contribution >= 0.6 is 0 Å². The van der Waals surface area contributed by atoms with Gasteiger partial charge in [0.05, 0.1) is 13.2 Å². The van der Waals surface area contributed by atoms with E-state index in [4.69, 9.17) is 16.4 Å². The molecule has 96 valence electrons. The van der Waals surface area contributed by atoms with E-state index < -0.39 is 0 Å². The molecular weight excluding hydrogens is 238 g/mol. The van der Waals surface area contributed by atoms with Gasteiger partial charge in [-0.25, -0.2) is 4.85 Å². The van der Waals surface area contributed by atoms with E-state index in [1.165, 1.54) is 0 Å². The number of nitrogens with zero attached hydrogens (tertiary/aromatic N) is 1. The van der Waals surface area contributed by atoms with Crippen LogP contribution in [0.25, 0.3) is 16.0 Å². The highest BCUT2D eigenvalue weighted by Crippen LogP contribution is 2.24. The largest absolute Gasteiger partial charge is 0.494 e. The fourth-order valence-electron chi connectivity index (χ4n) is 1.73. The number of benzene rings is 2. The third kappa shape index (κ3) is 3.57. The van der Waals surface area contributed by atoms with Crippen molar-refractivity contribution in [1.29, 1.82) is 0 Å². The topological polar surface area (TPSA) is 33.8 Å². The van der Waals surface area contributed by atoms with Crippen LogP contribution in [0.2, 0.25) is 0 Å². The third-order valence-corrected chi connectivity index (χ3v) is 2.76. The standard InChI is InChI=1S/C16H15NO2/c1-17-15-7-3-13(4-8-15)14-5-9-16(10-6-14)19-12-2-11-18/h3-10,18H,2,11-12H2. The van der Waals surface area contributed by atoms with Crippen molar-refractivity contribution in [2.75, 3.05) is 13.2 Å². The van der Waals surface area contributed by atoms with Crippen LogP contribution in [0.3, 0.4) is 0 Å². The van der Waals surface area contributed by atoms with Crippen LogP contribution in [-0.2, 0) is 0 Å². The zero-order valence-electron chi connectivity index (χ0n) is 10.5. The van der Waals surface area contributed by atoms with Crippen molar-refractivity contribution in [3.8, 4) is 16.9 Å². The van der Waals surface area contributed by atoms with Gasteiger partial charge in [-0.15, -0.1) is 0 Å². The zero-order chi connectivity index (χ0) is 13.5. The van der Waals surface area contributed by atoms with Gasteiger partial charge in [-0.1, -0.05) is 36.4 Å². The number of hydrogen-bond donors (Lipinski definition) is 1. The third-order valence-electron chi connectivity index (χ3n) is 2.76. The minimum atomic E-state index is 0.144. The number of ether oxygens (including phenoxy) is 1. The molecule has 0 aromatic heterocycles. The smallest absolute Gasteiger partial charge is 0.187 e. The molecule has 0 bridgehead atoms. The molecule has 0 saturated carbocycles. The molecule has 0 aliphatic carbocycles. The maximum Gasteiger partial charge on any atom is 0.187 e. The van der Waals surface area contributed by atoms with Crippen molar-refractivity contribution >= 4 is 5.69 Å². The molecule has 19 heavy (non-hydrogen) atoms. The molecule has 0 atom stereocenters. The Hall–Kier alpha value is -2.31. The fraction of sp³-hybridized carbons (Fsp3) is 0.188. The highest BCUT2D eigenvalue weighted by molar-refractivity contribution is 5.66. The highest BCUT2D eigenvalue weighted by Gasteiger charge is 1.99. The lowest BCUT2D eigenvalue weighted by Gasteiger charge is -2.06. The summed E-state index contributed by atoms with van der Waals surface area (Å²) in [6.45, 7) is 7.59. The molecule has 3 nitrogen and oxygen atoms in total. The van der Waals surface area contributed by atoms with Gasteiger partial charge in [0.15, 0.2) is 5.69 Å². The summed E-state index contributed by atoms with van der Waals surface area (Å²) >= 11 is 0. The molecule has 0 heterocycles. The van der Waals surface area contributed by atoms with Crippen molar-refractivity contribution in [3.05, 3.63) is 59.9 Å². The van der Waals surface area contributed by atoms with Crippen LogP contribution < -0.4 is 4.74 Å². The Morgan fingerprint density at radius 3 is 2.05 bits per heavy atom. The molecule has 0 aliphatic rings. The van der Waals surface area contributed by atoms with Gasteiger partial charge in [-0.2, -0.15) is 0 Å². The summed E-state index contributed by atoms with van der Waals surface area (Å²) in [5.41, 5.74) is 2.81. The number of rotatable bonds is 5. The Morgan fingerprint density at radius 1 is 0.947 bits per heavy atom. The minimum Gasteiger partial charge on any atom is -0.494 e. The van der Waals surface area contributed by atoms with Gasteiger partial charge in [0.2, 0.25) is 0 Å². The first-order valence-corrected chi connectivity index (χ1v) is 6.15. The van der Waals surface area contributed by atoms with E-state index >= 15 is 0 Å². The zero-order valence-corrected chi connectivity index (χ0v) is 10.5. The molecule has 0 saturated heterocycles. The van der Waals surface area contributed by atoms with E-state index in [-0.39, 0.29) is 6.61 Å². The van der Waals surface area contributed by atoms with Crippen molar-refractivity contribution in [3.63, 3.8) is 0 Å². The molecule has 3 heteroatoms. The van der Waals surface area contributed by atoms with E-state index in [9.17, 15) is 0 Å². The van der Waals surface area contributed by atoms with Gasteiger partial charge >= 0.3 is 0 Å². The van der Waals surface area contributed by atoms with E-state index in [1.54, 1.807) is 0 Å². The molecule has 2 aromatic carbocycles. The predicted molar refractivity (Wildman–Crippen MR) is 75.3 cm³/mol. The second kappa shape index (κ2) is 6.58. The second-order valence-electron chi connectivity index (χ2n) is 4.11. The molecule has 1 N–H and O–H groups in total. The Kier molecular flexibility index (Phi) is 4.54. The second-order valence-corrected chi connectivity index (χ2v) is 4.11. The van der Waals surface area contributed by atoms with Gasteiger partial charge < -0.3 is 9.84 Å². The van der Waals surface area contributed by atoms with Crippen LogP contribution in [0.1, 0.15) is 6.42 Å². The number of hydrogen-bond acceptors (Lipinski definition) is 2. The Morgan fingerprint density at radius 2 is 1.53 bits per heavy atom. The Balaban J connectivity index is 2.07. The molecule has 0 fully saturated rings. The van der Waals surface area contributed by atoms with E-state index in [1.807, 2.05) is 48.5 Å². The highest BCUT2D eigenvalue weighted by atomic mass is 16.5. The monoisotopic (exact) mass is 253 g/mol. The minimum absolute atomic E-state index is 0.144. The first kappa shape index (κ1) is 13.1. The van der Waals surface area contributed by atoms with Gasteiger partial charge in [0.1, 0.15) is 5.75 Å². The van der Waals surface area contributed by atoms with Gasteiger partial charge in [0.25, 0.3) is 0 Å². The summed E-state index contributed by atoms with van der Waals surface area (Å²) in [7, 11) is 0. The van der Waals surface area contributed by atoms with E-state index in [2.05, 4.69) is 4.85 Å². The number of aliphatic hydroxyl groups excluding tert-OH is 1. The molecule has 2 aromatic rings. The molecule has 0 spiro atoms. The van der Waals surface area contributed by atoms with E-state index in [0.29, 0.717) is 18.7 Å². The molecule has 0 radical (unpaired) electrons. The Labute approximate surface area is 112 Å². The molecular formula is C16H15NO2. The van der Waals surface area contributed by atoms with Crippen molar-refractivity contribution < 1.29 is 9.84 Å². The van der Waals surface area contributed by atoms with Crippen LogP contribution in [-0.4, -0.2) is 18.3 Å². The average molecular weight is 253 g/mol. The van der Waals surface area contributed by atoms with Crippen LogP contribution in [0.4, 0.5) is 5.69 Å². The first-order valence-electron chi connectivity index (χ1n) is 6.15. The van der Waals surface area contributed by atoms with Gasteiger partial charge in [-0.05, 0) is 23.3 Å². The maximum atomic E-state index is 8.68.